The first-order valence-electron chi connectivity index (χ1n) is 12.6. The van der Waals surface area contributed by atoms with Gasteiger partial charge in [-0.3, -0.25) is 19.4 Å². The first-order chi connectivity index (χ1) is 19.4. The Morgan fingerprint density at radius 3 is 2.42 bits per heavy atom. The number of nitrogens with zero attached hydrogens (tertiary/aromatic N) is 2. The van der Waals surface area contributed by atoms with E-state index in [1.165, 1.54) is 16.7 Å². The highest BCUT2D eigenvalue weighted by atomic mass is 32.2. The van der Waals surface area contributed by atoms with Crippen LogP contribution in [-0.2, 0) is 16.0 Å². The van der Waals surface area contributed by atoms with E-state index in [4.69, 9.17) is 0 Å². The molecule has 0 aliphatic carbocycles. The van der Waals surface area contributed by atoms with Crippen molar-refractivity contribution in [3.8, 4) is 0 Å². The molecule has 2 heterocycles. The topological polar surface area (TPSA) is 129 Å². The average molecular weight is 555 g/mol. The SMILES string of the molecule is O=C(Nc1ccc(C[C@H](NC(=O)[C@@H]2CSCN2C(=O)c2ccccc2)C(=O)O)cc1)c1ccnc2ccccc12. The van der Waals surface area contributed by atoms with Gasteiger partial charge in [-0.05, 0) is 42.0 Å². The molecule has 3 aromatic carbocycles. The minimum atomic E-state index is -1.18. The first kappa shape index (κ1) is 26.9. The van der Waals surface area contributed by atoms with Crippen molar-refractivity contribution in [3.63, 3.8) is 0 Å². The van der Waals surface area contributed by atoms with Crippen LogP contribution >= 0.6 is 11.8 Å². The van der Waals surface area contributed by atoms with Crippen molar-refractivity contribution >= 4 is 52.0 Å². The van der Waals surface area contributed by atoms with E-state index in [1.54, 1.807) is 66.9 Å². The van der Waals surface area contributed by atoms with Gasteiger partial charge in [0.1, 0.15) is 12.1 Å². The number of hydrogen-bond acceptors (Lipinski definition) is 6. The summed E-state index contributed by atoms with van der Waals surface area (Å²) in [5.41, 5.74) is 2.90. The molecule has 202 valence electrons. The highest BCUT2D eigenvalue weighted by Crippen LogP contribution is 2.24. The molecule has 40 heavy (non-hydrogen) atoms. The molecule has 0 spiro atoms. The number of anilines is 1. The fraction of sp³-hybridized carbons (Fsp3) is 0.167. The van der Waals surface area contributed by atoms with E-state index in [0.29, 0.717) is 34.0 Å². The number of aliphatic carboxylic acids is 1. The van der Waals surface area contributed by atoms with Gasteiger partial charge in [0.25, 0.3) is 11.8 Å². The van der Waals surface area contributed by atoms with Gasteiger partial charge in [-0.25, -0.2) is 4.79 Å². The van der Waals surface area contributed by atoms with Crippen molar-refractivity contribution in [1.82, 2.24) is 15.2 Å². The molecular weight excluding hydrogens is 528 g/mol. The summed E-state index contributed by atoms with van der Waals surface area (Å²) < 4.78 is 0. The molecule has 3 amide bonds. The van der Waals surface area contributed by atoms with Crippen molar-refractivity contribution < 1.29 is 24.3 Å². The van der Waals surface area contributed by atoms with Gasteiger partial charge in [-0.2, -0.15) is 0 Å². The van der Waals surface area contributed by atoms with E-state index in [0.717, 1.165) is 10.9 Å². The lowest BCUT2D eigenvalue weighted by atomic mass is 10.0. The van der Waals surface area contributed by atoms with Crippen molar-refractivity contribution in [2.75, 3.05) is 16.9 Å². The van der Waals surface area contributed by atoms with Crippen LogP contribution in [0, 0.1) is 0 Å². The summed E-state index contributed by atoms with van der Waals surface area (Å²) in [5.74, 6) is -1.50. The predicted molar refractivity (Wildman–Crippen MR) is 153 cm³/mol. The lowest BCUT2D eigenvalue weighted by Crippen LogP contribution is -2.52. The van der Waals surface area contributed by atoms with Crippen molar-refractivity contribution in [3.05, 3.63) is 108 Å². The van der Waals surface area contributed by atoms with Crippen LogP contribution in [0.3, 0.4) is 0 Å². The van der Waals surface area contributed by atoms with Gasteiger partial charge in [0, 0.05) is 35.0 Å². The van der Waals surface area contributed by atoms with Gasteiger partial charge < -0.3 is 20.6 Å². The van der Waals surface area contributed by atoms with Crippen LogP contribution in [0.25, 0.3) is 10.9 Å². The summed E-state index contributed by atoms with van der Waals surface area (Å²) in [6.07, 6.45) is 1.62. The third kappa shape index (κ3) is 5.97. The Morgan fingerprint density at radius 2 is 1.68 bits per heavy atom. The Labute approximate surface area is 234 Å². The van der Waals surface area contributed by atoms with Crippen LogP contribution < -0.4 is 10.6 Å². The molecule has 1 saturated heterocycles. The number of hydrogen-bond donors (Lipinski definition) is 3. The molecule has 0 unspecified atom stereocenters. The van der Waals surface area contributed by atoms with Crippen LogP contribution in [0.2, 0.25) is 0 Å². The number of pyridine rings is 1. The maximum atomic E-state index is 13.1. The normalized spacial score (nSPS) is 15.4. The standard InChI is InChI=1S/C30H26N4O5S/c35-27(23-14-15-31-24-9-5-4-8-22(23)24)32-21-12-10-19(11-13-21)16-25(30(38)39)33-28(36)26-17-40-18-34(26)29(37)20-6-2-1-3-7-20/h1-15,25-26H,16-18H2,(H,32,35)(H,33,36)(H,38,39)/t25-,26-/m0/s1. The number of thioether (sulfide) groups is 1. The van der Waals surface area contributed by atoms with Crippen LogP contribution in [0.4, 0.5) is 5.69 Å². The van der Waals surface area contributed by atoms with E-state index in [9.17, 15) is 24.3 Å². The molecule has 0 saturated carbocycles. The monoisotopic (exact) mass is 554 g/mol. The Balaban J connectivity index is 1.22. The van der Waals surface area contributed by atoms with E-state index in [1.807, 2.05) is 24.3 Å². The second kappa shape index (κ2) is 12.0. The van der Waals surface area contributed by atoms with Gasteiger partial charge >= 0.3 is 5.97 Å². The Bertz CT molecular complexity index is 1560. The van der Waals surface area contributed by atoms with Gasteiger partial charge in [0.05, 0.1) is 17.0 Å². The summed E-state index contributed by atoms with van der Waals surface area (Å²) >= 11 is 1.45. The summed E-state index contributed by atoms with van der Waals surface area (Å²) in [6, 6.07) is 22.6. The van der Waals surface area contributed by atoms with E-state index in [-0.39, 0.29) is 18.2 Å². The summed E-state index contributed by atoms with van der Waals surface area (Å²) in [6.45, 7) is 0. The predicted octanol–water partition coefficient (Wildman–Crippen LogP) is 3.81. The first-order valence-corrected chi connectivity index (χ1v) is 13.8. The van der Waals surface area contributed by atoms with Crippen LogP contribution in [-0.4, -0.2) is 62.4 Å². The molecule has 1 aliphatic rings. The van der Waals surface area contributed by atoms with E-state index >= 15 is 0 Å². The van der Waals surface area contributed by atoms with Gasteiger partial charge in [-0.15, -0.1) is 11.8 Å². The zero-order valence-electron chi connectivity index (χ0n) is 21.3. The van der Waals surface area contributed by atoms with Gasteiger partial charge in [0.15, 0.2) is 0 Å². The van der Waals surface area contributed by atoms with Crippen molar-refractivity contribution in [2.45, 2.75) is 18.5 Å². The third-order valence-electron chi connectivity index (χ3n) is 6.63. The molecule has 9 nitrogen and oxygen atoms in total. The fourth-order valence-corrected chi connectivity index (χ4v) is 5.68. The molecule has 1 fully saturated rings. The van der Waals surface area contributed by atoms with Crippen LogP contribution in [0.15, 0.2) is 91.1 Å². The van der Waals surface area contributed by atoms with Gasteiger partial charge in [0.2, 0.25) is 5.91 Å². The number of benzene rings is 3. The average Bonchev–Trinajstić information content (AvgIpc) is 3.48. The number of rotatable bonds is 8. The number of carboxylic acids is 1. The number of nitrogens with one attached hydrogen (secondary N) is 2. The highest BCUT2D eigenvalue weighted by Gasteiger charge is 2.36. The number of para-hydroxylation sites is 1. The largest absolute Gasteiger partial charge is 0.480 e. The number of carbonyl (C=O) groups excluding carboxylic acids is 3. The van der Waals surface area contributed by atoms with E-state index in [2.05, 4.69) is 15.6 Å². The third-order valence-corrected chi connectivity index (χ3v) is 7.64. The Morgan fingerprint density at radius 1 is 0.950 bits per heavy atom. The minimum Gasteiger partial charge on any atom is -0.480 e. The Kier molecular flexibility index (Phi) is 8.07. The molecule has 1 aromatic heterocycles. The molecule has 3 N–H and O–H groups in total. The summed E-state index contributed by atoms with van der Waals surface area (Å²) in [7, 11) is 0. The second-order valence-electron chi connectivity index (χ2n) is 9.29. The molecule has 2 atom stereocenters. The highest BCUT2D eigenvalue weighted by molar-refractivity contribution is 7.99. The zero-order chi connectivity index (χ0) is 28.1. The van der Waals surface area contributed by atoms with Gasteiger partial charge in [-0.1, -0.05) is 48.5 Å². The maximum absolute atomic E-state index is 13.1. The lowest BCUT2D eigenvalue weighted by Gasteiger charge is -2.25. The number of fused-ring (bicyclic) bond motifs is 1. The summed E-state index contributed by atoms with van der Waals surface area (Å²) in [5, 5.41) is 16.0. The van der Waals surface area contributed by atoms with Crippen molar-refractivity contribution in [2.24, 2.45) is 0 Å². The smallest absolute Gasteiger partial charge is 0.326 e. The number of amides is 3. The fourth-order valence-electron chi connectivity index (χ4n) is 4.53. The zero-order valence-corrected chi connectivity index (χ0v) is 22.1. The number of carbonyl (C=O) groups is 4. The van der Waals surface area contributed by atoms with Crippen molar-refractivity contribution in [1.29, 1.82) is 0 Å². The molecular formula is C30H26N4O5S. The Hall–Kier alpha value is -4.70. The number of aromatic nitrogens is 1. The molecule has 0 radical (unpaired) electrons. The van der Waals surface area contributed by atoms with Crippen LogP contribution in [0.5, 0.6) is 0 Å². The lowest BCUT2D eigenvalue weighted by molar-refractivity contribution is -0.142. The molecule has 4 aromatic rings. The molecule has 1 aliphatic heterocycles. The second-order valence-corrected chi connectivity index (χ2v) is 10.3. The number of carboxylic acid groups (broad SMARTS) is 1. The quantitative estimate of drug-likeness (QED) is 0.302. The molecule has 5 rings (SSSR count). The maximum Gasteiger partial charge on any atom is 0.326 e. The minimum absolute atomic E-state index is 0.0385. The van der Waals surface area contributed by atoms with E-state index < -0.39 is 24.0 Å². The molecule has 0 bridgehead atoms. The molecule has 10 heteroatoms. The summed E-state index contributed by atoms with van der Waals surface area (Å²) in [4.78, 5) is 56.6. The van der Waals surface area contributed by atoms with Crippen LogP contribution in [0.1, 0.15) is 26.3 Å².